The predicted octanol–water partition coefficient (Wildman–Crippen LogP) is 3.87. The Morgan fingerprint density at radius 1 is 1.12 bits per heavy atom. The molecule has 2 heterocycles. The molecule has 1 aliphatic rings. The van der Waals surface area contributed by atoms with E-state index in [0.29, 0.717) is 26.1 Å². The van der Waals surface area contributed by atoms with Crippen molar-refractivity contribution in [3.63, 3.8) is 0 Å². The molecule has 1 aliphatic heterocycles. The fourth-order valence-electron chi connectivity index (χ4n) is 4.87. The number of carbonyl (C=O) groups excluding carboxylic acids is 3. The maximum absolute atomic E-state index is 13.4. The zero-order valence-corrected chi connectivity index (χ0v) is 24.8. The van der Waals surface area contributed by atoms with E-state index in [9.17, 15) is 14.4 Å². The normalized spacial score (nSPS) is 20.8. The number of amides is 1. The minimum absolute atomic E-state index is 0.0255. The second-order valence-corrected chi connectivity index (χ2v) is 9.99. The SMILES string of the molecule is CCCOC1C(Cc2ccccc2)CCCC(NC(=O)c2nccc(OC)c2OCOC(=O)COCC)C(=O)OC1C. The average molecular weight is 587 g/mol. The lowest BCUT2D eigenvalue weighted by molar-refractivity contribution is -0.161. The Labute approximate surface area is 247 Å². The summed E-state index contributed by atoms with van der Waals surface area (Å²) in [5, 5.41) is 2.76. The average Bonchev–Trinajstić information content (AvgIpc) is 3.04. The first-order chi connectivity index (χ1) is 20.4. The molecule has 4 atom stereocenters. The number of methoxy groups -OCH3 is 1. The van der Waals surface area contributed by atoms with Gasteiger partial charge in [0.15, 0.2) is 17.2 Å². The second-order valence-electron chi connectivity index (χ2n) is 9.99. The molecule has 1 aromatic heterocycles. The first-order valence-corrected chi connectivity index (χ1v) is 14.4. The number of hydrogen-bond donors (Lipinski definition) is 1. The van der Waals surface area contributed by atoms with Crippen LogP contribution in [0, 0.1) is 5.92 Å². The Bertz CT molecular complexity index is 1140. The second kappa shape index (κ2) is 17.3. The molecular weight excluding hydrogens is 544 g/mol. The van der Waals surface area contributed by atoms with Gasteiger partial charge in [0.25, 0.3) is 5.91 Å². The third-order valence-electron chi connectivity index (χ3n) is 6.89. The number of rotatable bonds is 14. The van der Waals surface area contributed by atoms with E-state index in [4.69, 9.17) is 28.4 Å². The molecule has 11 heteroatoms. The monoisotopic (exact) mass is 586 g/mol. The van der Waals surface area contributed by atoms with Gasteiger partial charge in [-0.25, -0.2) is 14.6 Å². The molecule has 0 radical (unpaired) electrons. The lowest BCUT2D eigenvalue weighted by atomic mass is 9.87. The van der Waals surface area contributed by atoms with Crippen molar-refractivity contribution in [3.8, 4) is 11.5 Å². The van der Waals surface area contributed by atoms with Gasteiger partial charge in [-0.15, -0.1) is 0 Å². The summed E-state index contributed by atoms with van der Waals surface area (Å²) in [6.45, 7) is 5.84. The molecule has 1 amide bonds. The fourth-order valence-corrected chi connectivity index (χ4v) is 4.87. The number of carbonyl (C=O) groups is 3. The van der Waals surface area contributed by atoms with E-state index in [1.165, 1.54) is 24.9 Å². The smallest absolute Gasteiger partial charge is 0.334 e. The highest BCUT2D eigenvalue weighted by Crippen LogP contribution is 2.31. The summed E-state index contributed by atoms with van der Waals surface area (Å²) in [6, 6.07) is 10.8. The first kappa shape index (κ1) is 32.8. The van der Waals surface area contributed by atoms with Crippen molar-refractivity contribution in [2.75, 3.05) is 33.7 Å². The predicted molar refractivity (Wildman–Crippen MR) is 153 cm³/mol. The van der Waals surface area contributed by atoms with Crippen LogP contribution < -0.4 is 14.8 Å². The van der Waals surface area contributed by atoms with Gasteiger partial charge in [0.2, 0.25) is 6.79 Å². The molecule has 1 aromatic carbocycles. The molecule has 0 bridgehead atoms. The standard InChI is InChI=1S/C31H42N2O9/c1-5-17-39-28-21(3)42-31(36)24(14-10-13-23(28)18-22-11-8-7-9-12-22)33-30(35)27-29(25(37-4)15-16-32-27)41-20-40-26(34)19-38-6-2/h7-9,11-12,15-16,21,23-24,28H,5-6,10,13-14,17-20H2,1-4H3,(H,33,35). The summed E-state index contributed by atoms with van der Waals surface area (Å²) in [5.74, 6) is -1.51. The first-order valence-electron chi connectivity index (χ1n) is 14.4. The highest BCUT2D eigenvalue weighted by atomic mass is 16.7. The molecule has 1 N–H and O–H groups in total. The van der Waals surface area contributed by atoms with Gasteiger partial charge >= 0.3 is 11.9 Å². The Hall–Kier alpha value is -3.70. The van der Waals surface area contributed by atoms with Crippen LogP contribution in [0.1, 0.15) is 62.5 Å². The summed E-state index contributed by atoms with van der Waals surface area (Å²) in [5.41, 5.74) is 1.07. The van der Waals surface area contributed by atoms with E-state index < -0.39 is 36.8 Å². The molecule has 230 valence electrons. The molecule has 2 aromatic rings. The van der Waals surface area contributed by atoms with Crippen molar-refractivity contribution in [2.24, 2.45) is 5.92 Å². The third kappa shape index (κ3) is 9.70. The molecule has 3 rings (SSSR count). The zero-order valence-electron chi connectivity index (χ0n) is 24.8. The van der Waals surface area contributed by atoms with Crippen LogP contribution in [0.15, 0.2) is 42.6 Å². The van der Waals surface area contributed by atoms with E-state index in [2.05, 4.69) is 22.4 Å². The quantitative estimate of drug-likeness (QED) is 0.257. The summed E-state index contributed by atoms with van der Waals surface area (Å²) >= 11 is 0. The summed E-state index contributed by atoms with van der Waals surface area (Å²) in [4.78, 5) is 42.6. The van der Waals surface area contributed by atoms with E-state index in [-0.39, 0.29) is 35.8 Å². The number of benzene rings is 1. The lowest BCUT2D eigenvalue weighted by Crippen LogP contribution is -2.44. The molecule has 42 heavy (non-hydrogen) atoms. The molecule has 0 saturated carbocycles. The Kier molecular flexibility index (Phi) is 13.5. The molecule has 1 fully saturated rings. The van der Waals surface area contributed by atoms with Gasteiger partial charge in [0, 0.05) is 25.5 Å². The van der Waals surface area contributed by atoms with Crippen LogP contribution in [0.3, 0.4) is 0 Å². The number of nitrogens with zero attached hydrogens (tertiary/aromatic N) is 1. The minimum Gasteiger partial charge on any atom is -0.493 e. The summed E-state index contributed by atoms with van der Waals surface area (Å²) < 4.78 is 33.0. The third-order valence-corrected chi connectivity index (χ3v) is 6.89. The van der Waals surface area contributed by atoms with Gasteiger partial charge in [0.05, 0.1) is 13.2 Å². The van der Waals surface area contributed by atoms with Crippen LogP contribution in [0.25, 0.3) is 0 Å². The van der Waals surface area contributed by atoms with E-state index in [1.54, 1.807) is 6.92 Å². The minimum atomic E-state index is -0.910. The molecule has 11 nitrogen and oxygen atoms in total. The van der Waals surface area contributed by atoms with Crippen LogP contribution in [-0.4, -0.2) is 74.8 Å². The van der Waals surface area contributed by atoms with E-state index in [0.717, 1.165) is 19.3 Å². The number of hydrogen-bond acceptors (Lipinski definition) is 10. The number of cyclic esters (lactones) is 1. The van der Waals surface area contributed by atoms with Crippen molar-refractivity contribution >= 4 is 17.8 Å². The van der Waals surface area contributed by atoms with E-state index >= 15 is 0 Å². The number of pyridine rings is 1. The number of esters is 2. The van der Waals surface area contributed by atoms with Crippen LogP contribution in [0.5, 0.6) is 11.5 Å². The Balaban J connectivity index is 1.74. The number of aromatic nitrogens is 1. The van der Waals surface area contributed by atoms with E-state index in [1.807, 2.05) is 32.0 Å². The van der Waals surface area contributed by atoms with Crippen molar-refractivity contribution in [2.45, 2.75) is 71.1 Å². The highest BCUT2D eigenvalue weighted by molar-refractivity contribution is 5.98. The Morgan fingerprint density at radius 2 is 1.90 bits per heavy atom. The van der Waals surface area contributed by atoms with Crippen LogP contribution in [-0.2, 0) is 35.0 Å². The van der Waals surface area contributed by atoms with Gasteiger partial charge in [-0.1, -0.05) is 43.7 Å². The number of ether oxygens (including phenoxy) is 6. The van der Waals surface area contributed by atoms with Gasteiger partial charge in [0.1, 0.15) is 18.8 Å². The van der Waals surface area contributed by atoms with Crippen molar-refractivity contribution < 1.29 is 42.8 Å². The maximum atomic E-state index is 13.4. The van der Waals surface area contributed by atoms with Crippen molar-refractivity contribution in [1.29, 1.82) is 0 Å². The van der Waals surface area contributed by atoms with Crippen molar-refractivity contribution in [3.05, 3.63) is 53.9 Å². The van der Waals surface area contributed by atoms with Gasteiger partial charge in [-0.05, 0) is 51.0 Å². The van der Waals surface area contributed by atoms with Gasteiger partial charge in [-0.3, -0.25) is 4.79 Å². The van der Waals surface area contributed by atoms with Crippen LogP contribution in [0.4, 0.5) is 0 Å². The van der Waals surface area contributed by atoms with Gasteiger partial charge < -0.3 is 33.7 Å². The van der Waals surface area contributed by atoms with Crippen molar-refractivity contribution in [1.82, 2.24) is 10.3 Å². The topological polar surface area (TPSA) is 132 Å². The fraction of sp³-hybridized carbons (Fsp3) is 0.548. The zero-order chi connectivity index (χ0) is 30.3. The highest BCUT2D eigenvalue weighted by Gasteiger charge is 2.35. The lowest BCUT2D eigenvalue weighted by Gasteiger charge is -2.31. The number of nitrogens with one attached hydrogen (secondary N) is 1. The largest absolute Gasteiger partial charge is 0.493 e. The molecular formula is C31H42N2O9. The molecule has 4 unspecified atom stereocenters. The molecule has 0 spiro atoms. The van der Waals surface area contributed by atoms with Crippen LogP contribution in [0.2, 0.25) is 0 Å². The summed E-state index contributed by atoms with van der Waals surface area (Å²) in [7, 11) is 1.41. The maximum Gasteiger partial charge on any atom is 0.334 e. The Morgan fingerprint density at radius 3 is 2.62 bits per heavy atom. The van der Waals surface area contributed by atoms with Gasteiger partial charge in [-0.2, -0.15) is 0 Å². The molecule has 0 aliphatic carbocycles. The molecule has 1 saturated heterocycles. The summed E-state index contributed by atoms with van der Waals surface area (Å²) in [6.07, 6.45) is 4.04. The van der Waals surface area contributed by atoms with Crippen LogP contribution >= 0.6 is 0 Å².